The second kappa shape index (κ2) is 3.84. The van der Waals surface area contributed by atoms with E-state index >= 15 is 0 Å². The summed E-state index contributed by atoms with van der Waals surface area (Å²) in [5.74, 6) is -0.569. The molecule has 2 aliphatic rings. The number of rotatable bonds is 1. The summed E-state index contributed by atoms with van der Waals surface area (Å²) < 4.78 is 0. The number of phenols is 1. The predicted octanol–water partition coefficient (Wildman–Crippen LogP) is 2.71. The number of amides is 2. The van der Waals surface area contributed by atoms with E-state index in [1.165, 1.54) is 11.0 Å². The maximum atomic E-state index is 12.9. The first kappa shape index (κ1) is 13.2. The number of carbonyl (C=O) groups is 2. The van der Waals surface area contributed by atoms with Crippen LogP contribution >= 0.6 is 0 Å². The van der Waals surface area contributed by atoms with E-state index < -0.39 is 5.41 Å². The van der Waals surface area contributed by atoms with E-state index in [9.17, 15) is 14.7 Å². The van der Waals surface area contributed by atoms with Crippen LogP contribution in [0.1, 0.15) is 33.6 Å². The highest BCUT2D eigenvalue weighted by Crippen LogP contribution is 2.60. The summed E-state index contributed by atoms with van der Waals surface area (Å²) in [6.07, 6.45) is 1.46. The number of piperidine rings is 1. The Balaban J connectivity index is 2.15. The molecule has 2 fully saturated rings. The van der Waals surface area contributed by atoms with Crippen LogP contribution in [0, 0.1) is 16.7 Å². The van der Waals surface area contributed by atoms with Crippen molar-refractivity contribution in [1.29, 1.82) is 0 Å². The highest BCUT2D eigenvalue weighted by Gasteiger charge is 2.64. The zero-order valence-electron chi connectivity index (χ0n) is 12.0. The lowest BCUT2D eigenvalue weighted by Gasteiger charge is -2.47. The molecule has 0 aromatic heterocycles. The quantitative estimate of drug-likeness (QED) is 0.800. The van der Waals surface area contributed by atoms with E-state index in [1.807, 2.05) is 20.8 Å². The number of hydrogen-bond donors (Lipinski definition) is 1. The van der Waals surface area contributed by atoms with E-state index in [1.54, 1.807) is 18.2 Å². The maximum absolute atomic E-state index is 12.9. The lowest BCUT2D eigenvalue weighted by molar-refractivity contribution is -0.146. The summed E-state index contributed by atoms with van der Waals surface area (Å²) in [5, 5.41) is 9.96. The Bertz CT molecular complexity index is 607. The van der Waals surface area contributed by atoms with Crippen molar-refractivity contribution in [2.24, 2.45) is 16.7 Å². The van der Waals surface area contributed by atoms with E-state index in [2.05, 4.69) is 0 Å². The van der Waals surface area contributed by atoms with Crippen LogP contribution in [0.15, 0.2) is 24.3 Å². The molecule has 4 nitrogen and oxygen atoms in total. The van der Waals surface area contributed by atoms with E-state index in [0.717, 1.165) is 12.8 Å². The van der Waals surface area contributed by atoms with E-state index in [4.69, 9.17) is 0 Å². The Hall–Kier alpha value is -1.84. The van der Waals surface area contributed by atoms with Gasteiger partial charge in [0.15, 0.2) is 0 Å². The van der Waals surface area contributed by atoms with Gasteiger partial charge in [0.25, 0.3) is 0 Å². The molecule has 1 N–H and O–H groups in total. The molecule has 1 aliphatic carbocycles. The molecule has 3 rings (SSSR count). The lowest BCUT2D eigenvalue weighted by Crippen LogP contribution is -2.59. The number of carbonyl (C=O) groups excluding carboxylic acids is 2. The number of imide groups is 1. The number of aromatic hydroxyl groups is 1. The Labute approximate surface area is 118 Å². The second-order valence-corrected chi connectivity index (χ2v) is 6.61. The van der Waals surface area contributed by atoms with Crippen LogP contribution in [0.4, 0.5) is 5.69 Å². The Kier molecular flexibility index (Phi) is 2.53. The molecule has 1 heterocycles. The summed E-state index contributed by atoms with van der Waals surface area (Å²) in [7, 11) is 0. The molecular weight excluding hydrogens is 254 g/mol. The highest BCUT2D eigenvalue weighted by atomic mass is 16.3. The second-order valence-electron chi connectivity index (χ2n) is 6.61. The molecule has 106 valence electrons. The average molecular weight is 273 g/mol. The standard InChI is InChI=1S/C16H19NO3/c1-15(2)10-8-9-16(15,3)14(20)17(13(10)19)11-6-4-5-7-12(11)18/h4-7,10,18H,8-9H2,1-3H3/t10-,16+/m0/s1. The van der Waals surface area contributed by atoms with Crippen LogP contribution in [0.3, 0.4) is 0 Å². The summed E-state index contributed by atoms with van der Waals surface area (Å²) >= 11 is 0. The van der Waals surface area contributed by atoms with Gasteiger partial charge in [0.05, 0.1) is 11.1 Å². The number of phenolic OH excluding ortho intramolecular Hbond substituents is 1. The van der Waals surface area contributed by atoms with Gasteiger partial charge >= 0.3 is 0 Å². The first-order chi connectivity index (χ1) is 9.30. The van der Waals surface area contributed by atoms with Gasteiger partial charge in [-0.3, -0.25) is 9.59 Å². The largest absolute Gasteiger partial charge is 0.506 e. The molecule has 2 bridgehead atoms. The zero-order valence-corrected chi connectivity index (χ0v) is 12.0. The molecule has 20 heavy (non-hydrogen) atoms. The Morgan fingerprint density at radius 3 is 2.50 bits per heavy atom. The lowest BCUT2D eigenvalue weighted by atomic mass is 9.62. The molecule has 4 heteroatoms. The van der Waals surface area contributed by atoms with Crippen LogP contribution in [0.5, 0.6) is 5.75 Å². The van der Waals surface area contributed by atoms with Gasteiger partial charge < -0.3 is 5.11 Å². The third-order valence-corrected chi connectivity index (χ3v) is 5.54. The fourth-order valence-electron chi connectivity index (χ4n) is 3.70. The molecule has 1 aliphatic heterocycles. The normalized spacial score (nSPS) is 31.8. The van der Waals surface area contributed by atoms with Gasteiger partial charge in [-0.15, -0.1) is 0 Å². The first-order valence-corrected chi connectivity index (χ1v) is 6.97. The van der Waals surface area contributed by atoms with Crippen molar-refractivity contribution in [3.05, 3.63) is 24.3 Å². The summed E-state index contributed by atoms with van der Waals surface area (Å²) in [6.45, 7) is 5.94. The highest BCUT2D eigenvalue weighted by molar-refractivity contribution is 6.21. The van der Waals surface area contributed by atoms with Crippen LogP contribution < -0.4 is 4.90 Å². The van der Waals surface area contributed by atoms with Gasteiger partial charge in [0.2, 0.25) is 11.8 Å². The molecule has 2 atom stereocenters. The molecule has 1 saturated heterocycles. The van der Waals surface area contributed by atoms with Gasteiger partial charge in [-0.05, 0) is 30.4 Å². The van der Waals surface area contributed by atoms with E-state index in [-0.39, 0.29) is 28.9 Å². The molecule has 0 spiro atoms. The third kappa shape index (κ3) is 1.37. The van der Waals surface area contributed by atoms with Crippen molar-refractivity contribution >= 4 is 17.5 Å². The van der Waals surface area contributed by atoms with Gasteiger partial charge in [-0.1, -0.05) is 32.9 Å². The molecular formula is C16H19NO3. The van der Waals surface area contributed by atoms with Gasteiger partial charge in [-0.25, -0.2) is 4.90 Å². The molecule has 2 amide bonds. The minimum absolute atomic E-state index is 0.0306. The predicted molar refractivity (Wildman–Crippen MR) is 75.2 cm³/mol. The van der Waals surface area contributed by atoms with E-state index in [0.29, 0.717) is 5.69 Å². The van der Waals surface area contributed by atoms with Gasteiger partial charge in [0.1, 0.15) is 5.75 Å². The topological polar surface area (TPSA) is 57.6 Å². The molecule has 0 unspecified atom stereocenters. The molecule has 0 radical (unpaired) electrons. The summed E-state index contributed by atoms with van der Waals surface area (Å²) in [4.78, 5) is 26.8. The maximum Gasteiger partial charge on any atom is 0.240 e. The van der Waals surface area contributed by atoms with Gasteiger partial charge in [-0.2, -0.15) is 0 Å². The fourth-order valence-corrected chi connectivity index (χ4v) is 3.70. The van der Waals surface area contributed by atoms with Gasteiger partial charge in [0, 0.05) is 5.92 Å². The molecule has 1 aromatic carbocycles. The summed E-state index contributed by atoms with van der Waals surface area (Å²) in [5.41, 5.74) is -0.577. The first-order valence-electron chi connectivity index (χ1n) is 6.97. The number of anilines is 1. The zero-order chi connectivity index (χ0) is 14.7. The number of nitrogens with zero attached hydrogens (tertiary/aromatic N) is 1. The molecule has 1 saturated carbocycles. The van der Waals surface area contributed by atoms with Crippen molar-refractivity contribution in [3.8, 4) is 5.75 Å². The minimum atomic E-state index is -0.548. The Morgan fingerprint density at radius 1 is 1.20 bits per heavy atom. The smallest absolute Gasteiger partial charge is 0.240 e. The summed E-state index contributed by atoms with van der Waals surface area (Å²) in [6, 6.07) is 6.52. The number of hydrogen-bond acceptors (Lipinski definition) is 3. The Morgan fingerprint density at radius 2 is 1.85 bits per heavy atom. The van der Waals surface area contributed by atoms with Crippen molar-refractivity contribution in [3.63, 3.8) is 0 Å². The van der Waals surface area contributed by atoms with Crippen molar-refractivity contribution in [1.82, 2.24) is 0 Å². The van der Waals surface area contributed by atoms with Crippen LogP contribution in [-0.4, -0.2) is 16.9 Å². The van der Waals surface area contributed by atoms with Crippen molar-refractivity contribution in [2.45, 2.75) is 33.6 Å². The SMILES string of the molecule is CC1(C)[C@H]2CC[C@]1(C)C(=O)N(c1ccccc1O)C2=O. The molecule has 1 aromatic rings. The fraction of sp³-hybridized carbons (Fsp3) is 0.500. The monoisotopic (exact) mass is 273 g/mol. The number of benzene rings is 1. The van der Waals surface area contributed by atoms with Crippen molar-refractivity contribution < 1.29 is 14.7 Å². The minimum Gasteiger partial charge on any atom is -0.506 e. The average Bonchev–Trinajstić information content (AvgIpc) is 2.57. The van der Waals surface area contributed by atoms with Crippen LogP contribution in [0.25, 0.3) is 0 Å². The van der Waals surface area contributed by atoms with Crippen molar-refractivity contribution in [2.75, 3.05) is 4.90 Å². The van der Waals surface area contributed by atoms with Crippen LogP contribution in [0.2, 0.25) is 0 Å². The number of fused-ring (bicyclic) bond motifs is 2. The van der Waals surface area contributed by atoms with Crippen LogP contribution in [-0.2, 0) is 9.59 Å². The third-order valence-electron chi connectivity index (χ3n) is 5.54. The number of para-hydroxylation sites is 2.